The van der Waals surface area contributed by atoms with Crippen LogP contribution in [0.15, 0.2) is 23.8 Å². The first-order valence-corrected chi connectivity index (χ1v) is 6.38. The fourth-order valence-electron chi connectivity index (χ4n) is 1.78. The molecule has 2 rings (SSSR count). The molecule has 4 nitrogen and oxygen atoms in total. The minimum Gasteiger partial charge on any atom is -0.496 e. The number of aromatic nitrogens is 2. The van der Waals surface area contributed by atoms with Gasteiger partial charge in [0.2, 0.25) is 0 Å². The number of likely N-dealkylation sites (N-methyl/N-ethyl adjacent to an activating group) is 1. The average Bonchev–Trinajstić information content (AvgIpc) is 2.94. The largest absolute Gasteiger partial charge is 0.496 e. The highest BCUT2D eigenvalue weighted by molar-refractivity contribution is 7.10. The zero-order chi connectivity index (χ0) is 12.3. The molecule has 2 heterocycles. The van der Waals surface area contributed by atoms with Crippen LogP contribution in [-0.4, -0.2) is 23.9 Å². The molecule has 0 aliphatic heterocycles. The van der Waals surface area contributed by atoms with E-state index in [0.29, 0.717) is 6.04 Å². The molecule has 0 aliphatic carbocycles. The van der Waals surface area contributed by atoms with E-state index in [0.717, 1.165) is 12.2 Å². The molecule has 0 saturated carbocycles. The maximum Gasteiger partial charge on any atom is 0.129 e. The van der Waals surface area contributed by atoms with Crippen molar-refractivity contribution in [3.05, 3.63) is 34.3 Å². The van der Waals surface area contributed by atoms with E-state index in [2.05, 4.69) is 22.7 Å². The number of aryl methyl sites for hydroxylation is 1. The lowest BCUT2D eigenvalue weighted by Crippen LogP contribution is -2.17. The molecule has 1 atom stereocenters. The quantitative estimate of drug-likeness (QED) is 0.883. The standard InChI is InChI=1S/C12H17N3OS/c1-13-11(4-9-6-14-15(2)7-9)12-5-10(16-3)8-17-12/h5-8,11,13H,4H2,1-3H3. The third kappa shape index (κ3) is 2.87. The zero-order valence-electron chi connectivity index (χ0n) is 10.3. The highest BCUT2D eigenvalue weighted by Gasteiger charge is 2.13. The first-order valence-electron chi connectivity index (χ1n) is 5.50. The summed E-state index contributed by atoms with van der Waals surface area (Å²) in [6, 6.07) is 2.40. The lowest BCUT2D eigenvalue weighted by molar-refractivity contribution is 0.416. The smallest absolute Gasteiger partial charge is 0.129 e. The Hall–Kier alpha value is -1.33. The molecule has 17 heavy (non-hydrogen) atoms. The van der Waals surface area contributed by atoms with Crippen LogP contribution in [0.3, 0.4) is 0 Å². The van der Waals surface area contributed by atoms with E-state index in [9.17, 15) is 0 Å². The number of hydrogen-bond acceptors (Lipinski definition) is 4. The Morgan fingerprint density at radius 3 is 2.94 bits per heavy atom. The minimum atomic E-state index is 0.313. The van der Waals surface area contributed by atoms with Gasteiger partial charge >= 0.3 is 0 Å². The van der Waals surface area contributed by atoms with Crippen molar-refractivity contribution in [1.29, 1.82) is 0 Å². The summed E-state index contributed by atoms with van der Waals surface area (Å²) in [6.07, 6.45) is 4.90. The molecular weight excluding hydrogens is 234 g/mol. The molecular formula is C12H17N3OS. The molecule has 0 bridgehead atoms. The Morgan fingerprint density at radius 1 is 1.59 bits per heavy atom. The Kier molecular flexibility index (Phi) is 3.81. The highest BCUT2D eigenvalue weighted by atomic mass is 32.1. The summed E-state index contributed by atoms with van der Waals surface area (Å²) in [6.45, 7) is 0. The van der Waals surface area contributed by atoms with Crippen molar-refractivity contribution in [2.45, 2.75) is 12.5 Å². The second-order valence-electron chi connectivity index (χ2n) is 3.96. The molecule has 5 heteroatoms. The third-order valence-corrected chi connectivity index (χ3v) is 3.75. The van der Waals surface area contributed by atoms with Gasteiger partial charge in [-0.1, -0.05) is 0 Å². The van der Waals surface area contributed by atoms with Crippen LogP contribution < -0.4 is 10.1 Å². The van der Waals surface area contributed by atoms with Crippen LogP contribution >= 0.6 is 11.3 Å². The van der Waals surface area contributed by atoms with Crippen molar-refractivity contribution in [2.24, 2.45) is 7.05 Å². The van der Waals surface area contributed by atoms with Crippen LogP contribution in [0.4, 0.5) is 0 Å². The number of nitrogens with one attached hydrogen (secondary N) is 1. The van der Waals surface area contributed by atoms with E-state index in [1.165, 1.54) is 10.4 Å². The highest BCUT2D eigenvalue weighted by Crippen LogP contribution is 2.28. The molecule has 0 aromatic carbocycles. The summed E-state index contributed by atoms with van der Waals surface area (Å²) in [4.78, 5) is 1.29. The molecule has 1 unspecified atom stereocenters. The lowest BCUT2D eigenvalue weighted by atomic mass is 10.1. The van der Waals surface area contributed by atoms with Gasteiger partial charge in [0, 0.05) is 29.5 Å². The van der Waals surface area contributed by atoms with Gasteiger partial charge in [0.1, 0.15) is 5.75 Å². The van der Waals surface area contributed by atoms with Gasteiger partial charge in [0.25, 0.3) is 0 Å². The summed E-state index contributed by atoms with van der Waals surface area (Å²) in [7, 11) is 5.61. The third-order valence-electron chi connectivity index (χ3n) is 2.72. The fraction of sp³-hybridized carbons (Fsp3) is 0.417. The monoisotopic (exact) mass is 251 g/mol. The van der Waals surface area contributed by atoms with Gasteiger partial charge < -0.3 is 10.1 Å². The number of hydrogen-bond donors (Lipinski definition) is 1. The van der Waals surface area contributed by atoms with Crippen LogP contribution in [0, 0.1) is 0 Å². The summed E-state index contributed by atoms with van der Waals surface area (Å²) in [5.41, 5.74) is 1.24. The first kappa shape index (κ1) is 12.1. The van der Waals surface area contributed by atoms with E-state index in [1.54, 1.807) is 18.4 Å². The van der Waals surface area contributed by atoms with Crippen LogP contribution in [0.2, 0.25) is 0 Å². The average molecular weight is 251 g/mol. The Balaban J connectivity index is 2.10. The van der Waals surface area contributed by atoms with E-state index in [-0.39, 0.29) is 0 Å². The maximum atomic E-state index is 5.21. The topological polar surface area (TPSA) is 39.1 Å². The SMILES string of the molecule is CNC(Cc1cnn(C)c1)c1cc(OC)cs1. The Labute approximate surface area is 105 Å². The van der Waals surface area contributed by atoms with E-state index >= 15 is 0 Å². The molecule has 2 aromatic rings. The summed E-state index contributed by atoms with van der Waals surface area (Å²) < 4.78 is 7.04. The normalized spacial score (nSPS) is 12.6. The molecule has 0 spiro atoms. The van der Waals surface area contributed by atoms with Gasteiger partial charge in [-0.15, -0.1) is 11.3 Å². The van der Waals surface area contributed by atoms with Crippen molar-refractivity contribution in [1.82, 2.24) is 15.1 Å². The van der Waals surface area contributed by atoms with Crippen molar-refractivity contribution in [3.63, 3.8) is 0 Å². The van der Waals surface area contributed by atoms with E-state index in [1.807, 2.05) is 30.4 Å². The van der Waals surface area contributed by atoms with Gasteiger partial charge in [-0.3, -0.25) is 4.68 Å². The van der Waals surface area contributed by atoms with Crippen LogP contribution in [0.1, 0.15) is 16.5 Å². The van der Waals surface area contributed by atoms with Crippen molar-refractivity contribution in [2.75, 3.05) is 14.2 Å². The van der Waals surface area contributed by atoms with E-state index < -0.39 is 0 Å². The molecule has 1 N–H and O–H groups in total. The van der Waals surface area contributed by atoms with Crippen LogP contribution in [-0.2, 0) is 13.5 Å². The van der Waals surface area contributed by atoms with Gasteiger partial charge in [-0.05, 0) is 25.1 Å². The molecule has 0 aliphatic rings. The van der Waals surface area contributed by atoms with Crippen molar-refractivity contribution in [3.8, 4) is 5.75 Å². The molecule has 0 amide bonds. The summed E-state index contributed by atoms with van der Waals surface area (Å²) in [5.74, 6) is 0.927. The predicted molar refractivity (Wildman–Crippen MR) is 69.6 cm³/mol. The van der Waals surface area contributed by atoms with Crippen molar-refractivity contribution < 1.29 is 4.74 Å². The van der Waals surface area contributed by atoms with Crippen LogP contribution in [0.25, 0.3) is 0 Å². The predicted octanol–water partition coefficient (Wildman–Crippen LogP) is 1.99. The van der Waals surface area contributed by atoms with E-state index in [4.69, 9.17) is 4.74 Å². The minimum absolute atomic E-state index is 0.313. The van der Waals surface area contributed by atoms with Gasteiger partial charge in [-0.2, -0.15) is 5.10 Å². The van der Waals surface area contributed by atoms with Gasteiger partial charge in [-0.25, -0.2) is 0 Å². The number of ether oxygens (including phenoxy) is 1. The maximum absolute atomic E-state index is 5.21. The van der Waals surface area contributed by atoms with Gasteiger partial charge in [0.05, 0.1) is 13.3 Å². The zero-order valence-corrected chi connectivity index (χ0v) is 11.1. The number of nitrogens with zero attached hydrogens (tertiary/aromatic N) is 2. The number of methoxy groups -OCH3 is 1. The molecule has 0 fully saturated rings. The summed E-state index contributed by atoms with van der Waals surface area (Å²) >= 11 is 1.72. The second kappa shape index (κ2) is 5.33. The molecule has 92 valence electrons. The fourth-order valence-corrected chi connectivity index (χ4v) is 2.75. The van der Waals surface area contributed by atoms with Crippen LogP contribution in [0.5, 0.6) is 5.75 Å². The van der Waals surface area contributed by atoms with Crippen molar-refractivity contribution >= 4 is 11.3 Å². The molecule has 2 aromatic heterocycles. The summed E-state index contributed by atoms with van der Waals surface area (Å²) in [5, 5.41) is 9.55. The first-order chi connectivity index (χ1) is 8.22. The number of thiophene rings is 1. The second-order valence-corrected chi connectivity index (χ2v) is 4.90. The lowest BCUT2D eigenvalue weighted by Gasteiger charge is -2.12. The molecule has 0 radical (unpaired) electrons. The molecule has 0 saturated heterocycles. The number of rotatable bonds is 5. The van der Waals surface area contributed by atoms with Gasteiger partial charge in [0.15, 0.2) is 0 Å². The Bertz CT molecular complexity index is 478. The Morgan fingerprint density at radius 2 is 2.41 bits per heavy atom.